The van der Waals surface area contributed by atoms with E-state index in [2.05, 4.69) is 30.2 Å². The lowest BCUT2D eigenvalue weighted by molar-refractivity contribution is -0.138. The Balaban J connectivity index is 0.850. The van der Waals surface area contributed by atoms with Crippen LogP contribution < -0.4 is 25.2 Å². The number of aliphatic hydroxyl groups is 1. The number of hydrogen-bond donors (Lipinski definition) is 5. The number of rotatable bonds is 13. The molecule has 5 heterocycles. The zero-order chi connectivity index (χ0) is 46.2. The van der Waals surface area contributed by atoms with Crippen LogP contribution in [0.25, 0.3) is 22.2 Å². The molecular weight excluding hydrogens is 868 g/mol. The topological polar surface area (TPSA) is 200 Å². The van der Waals surface area contributed by atoms with Crippen molar-refractivity contribution >= 4 is 67.5 Å². The second-order valence-corrected chi connectivity index (χ2v) is 18.3. The molecule has 2 aromatic heterocycles. The maximum Gasteiger partial charge on any atom is 0.301 e. The lowest BCUT2D eigenvalue weighted by atomic mass is 9.87. The number of nitrogens with zero attached hydrogens (tertiary/aromatic N) is 5. The van der Waals surface area contributed by atoms with Crippen molar-refractivity contribution in [3.8, 4) is 11.1 Å². The lowest BCUT2D eigenvalue weighted by Crippen LogP contribution is -2.52. The average molecular weight is 916 g/mol. The summed E-state index contributed by atoms with van der Waals surface area (Å²) in [6, 6.07) is 15.0. The number of piperidine rings is 2. The van der Waals surface area contributed by atoms with E-state index < -0.39 is 62.2 Å². The molecule has 0 spiro atoms. The number of nitrogens with one attached hydrogen (secondary N) is 4. The van der Waals surface area contributed by atoms with Crippen LogP contribution in [0.3, 0.4) is 0 Å². The summed E-state index contributed by atoms with van der Waals surface area (Å²) in [6.45, 7) is 4.55. The number of piperazine rings is 1. The second-order valence-electron chi connectivity index (χ2n) is 16.6. The van der Waals surface area contributed by atoms with Gasteiger partial charge in [-0.1, -0.05) is 19.1 Å². The Kier molecular flexibility index (Phi) is 12.6. The lowest BCUT2D eigenvalue weighted by Gasteiger charge is -2.41. The van der Waals surface area contributed by atoms with Crippen molar-refractivity contribution in [2.24, 2.45) is 0 Å². The highest BCUT2D eigenvalue weighted by molar-refractivity contribution is 7.90. The minimum atomic E-state index is -4.16. The highest BCUT2D eigenvalue weighted by atomic mass is 32.2. The van der Waals surface area contributed by atoms with Gasteiger partial charge >= 0.3 is 10.2 Å². The molecule has 16 nitrogen and oxygen atoms in total. The van der Waals surface area contributed by atoms with Crippen LogP contribution in [0.5, 0.6) is 0 Å². The maximum atomic E-state index is 15.6. The van der Waals surface area contributed by atoms with E-state index in [1.54, 1.807) is 36.2 Å². The summed E-state index contributed by atoms with van der Waals surface area (Å²) in [6.07, 6.45) is 3.97. The highest BCUT2D eigenvalue weighted by Crippen LogP contribution is 2.34. The van der Waals surface area contributed by atoms with Crippen molar-refractivity contribution in [3.63, 3.8) is 0 Å². The SMILES string of the molecule is CCN(C)S(=O)(=O)Nc1ccc(F)c(C(=O)c2c[nH]c3ncc(-c4ccc(N5CCN(C(=O)CC6(O)CCN(c7ccc(NC8CCC(=O)NC8=O)c(F)c7)CC6)CC5)cc4)cc23)c1F. The van der Waals surface area contributed by atoms with Crippen LogP contribution in [0.4, 0.5) is 35.9 Å². The first kappa shape index (κ1) is 45.1. The fourth-order valence-corrected chi connectivity index (χ4v) is 9.31. The van der Waals surface area contributed by atoms with Gasteiger partial charge in [0.1, 0.15) is 23.3 Å². The number of pyridine rings is 1. The number of carbonyl (C=O) groups is 4. The minimum Gasteiger partial charge on any atom is -0.389 e. The fraction of sp³-hybridized carbons (Fsp3) is 0.356. The van der Waals surface area contributed by atoms with Gasteiger partial charge in [-0.25, -0.2) is 18.2 Å². The van der Waals surface area contributed by atoms with E-state index in [-0.39, 0.29) is 48.9 Å². The van der Waals surface area contributed by atoms with Crippen LogP contribution in [-0.2, 0) is 24.6 Å². The minimum absolute atomic E-state index is 0.0276. The number of H-pyrrole nitrogens is 1. The van der Waals surface area contributed by atoms with Crippen molar-refractivity contribution in [1.29, 1.82) is 0 Å². The summed E-state index contributed by atoms with van der Waals surface area (Å²) in [5.41, 5.74) is 0.645. The molecule has 3 aliphatic heterocycles. The van der Waals surface area contributed by atoms with Gasteiger partial charge in [0.25, 0.3) is 0 Å². The molecule has 0 radical (unpaired) electrons. The Morgan fingerprint density at radius 2 is 1.57 bits per heavy atom. The molecule has 0 aliphatic carbocycles. The zero-order valence-corrected chi connectivity index (χ0v) is 36.5. The predicted molar refractivity (Wildman–Crippen MR) is 238 cm³/mol. The van der Waals surface area contributed by atoms with E-state index in [4.69, 9.17) is 0 Å². The van der Waals surface area contributed by atoms with Crippen molar-refractivity contribution < 1.29 is 45.9 Å². The Morgan fingerprint density at radius 3 is 2.25 bits per heavy atom. The van der Waals surface area contributed by atoms with Crippen molar-refractivity contribution in [3.05, 3.63) is 102 Å². The van der Waals surface area contributed by atoms with Crippen LogP contribution >= 0.6 is 0 Å². The van der Waals surface area contributed by atoms with Gasteiger partial charge in [-0.05, 0) is 73.4 Å². The van der Waals surface area contributed by atoms with Gasteiger partial charge in [0.15, 0.2) is 5.82 Å². The number of aromatic nitrogens is 2. The normalized spacial score (nSPS) is 18.0. The Labute approximate surface area is 373 Å². The summed E-state index contributed by atoms with van der Waals surface area (Å²) in [4.78, 5) is 63.8. The number of ketones is 1. The van der Waals surface area contributed by atoms with Crippen LogP contribution in [0.2, 0.25) is 0 Å². The molecule has 342 valence electrons. The summed E-state index contributed by atoms with van der Waals surface area (Å²) < 4.78 is 73.9. The standard InChI is InChI=1S/C45H48F3N9O7S/c1-3-54(2)65(63,64)53-36-11-9-33(46)40(41(36)48)42(60)32-26-50-43-31(32)22-28(25-49-43)27-4-6-29(7-5-27)56-18-20-57(21-19-56)39(59)24-45(62)14-16-55(17-15-45)30-8-10-35(34(47)23-30)51-37-12-13-38(58)52-44(37)61/h4-11,22-23,25-26,37,51,53,62H,3,12-21,24H2,1-2H3,(H,49,50)(H,52,58,61). The number of amides is 3. The molecule has 1 atom stereocenters. The monoisotopic (exact) mass is 915 g/mol. The van der Waals surface area contributed by atoms with Gasteiger partial charge < -0.3 is 30.1 Å². The van der Waals surface area contributed by atoms with Crippen LogP contribution in [0, 0.1) is 17.5 Å². The van der Waals surface area contributed by atoms with E-state index in [9.17, 15) is 32.7 Å². The highest BCUT2D eigenvalue weighted by Gasteiger charge is 2.37. The van der Waals surface area contributed by atoms with E-state index in [1.165, 1.54) is 19.3 Å². The third kappa shape index (κ3) is 9.50. The third-order valence-electron chi connectivity index (χ3n) is 12.4. The number of aromatic amines is 1. The average Bonchev–Trinajstić information content (AvgIpc) is 3.72. The number of benzene rings is 3. The van der Waals surface area contributed by atoms with Gasteiger partial charge in [-0.15, -0.1) is 0 Å². The zero-order valence-electron chi connectivity index (χ0n) is 35.7. The predicted octanol–water partition coefficient (Wildman–Crippen LogP) is 4.77. The number of halogens is 3. The molecule has 3 amide bonds. The van der Waals surface area contributed by atoms with Crippen LogP contribution in [0.15, 0.2) is 73.1 Å². The smallest absolute Gasteiger partial charge is 0.301 e. The van der Waals surface area contributed by atoms with E-state index in [0.29, 0.717) is 74.4 Å². The summed E-state index contributed by atoms with van der Waals surface area (Å²) in [5.74, 6) is -5.02. The third-order valence-corrected chi connectivity index (χ3v) is 14.0. The number of imide groups is 1. The first-order chi connectivity index (χ1) is 31.0. The molecule has 5 N–H and O–H groups in total. The van der Waals surface area contributed by atoms with E-state index in [1.807, 2.05) is 29.2 Å². The summed E-state index contributed by atoms with van der Waals surface area (Å²) in [7, 11) is -2.87. The molecule has 3 saturated heterocycles. The van der Waals surface area contributed by atoms with E-state index in [0.717, 1.165) is 27.7 Å². The Morgan fingerprint density at radius 1 is 0.892 bits per heavy atom. The van der Waals surface area contributed by atoms with Crippen molar-refractivity contribution in [1.82, 2.24) is 24.5 Å². The van der Waals surface area contributed by atoms with Crippen molar-refractivity contribution in [2.75, 3.05) is 72.7 Å². The molecule has 8 rings (SSSR count). The van der Waals surface area contributed by atoms with Crippen molar-refractivity contribution in [2.45, 2.75) is 50.7 Å². The molecule has 0 bridgehead atoms. The van der Waals surface area contributed by atoms with E-state index >= 15 is 13.2 Å². The van der Waals surface area contributed by atoms with Gasteiger partial charge in [-0.2, -0.15) is 12.7 Å². The number of fused-ring (bicyclic) bond motifs is 1. The molecule has 0 saturated carbocycles. The molecule has 1 unspecified atom stereocenters. The molecule has 3 aliphatic rings. The quantitative estimate of drug-likeness (QED) is 0.0805. The number of carbonyl (C=O) groups excluding carboxylic acids is 4. The van der Waals surface area contributed by atoms with Gasteiger partial charge in [0, 0.05) is 99.6 Å². The molecule has 5 aromatic rings. The molecule has 20 heteroatoms. The number of anilines is 4. The fourth-order valence-electron chi connectivity index (χ4n) is 8.38. The second kappa shape index (κ2) is 18.2. The first-order valence-corrected chi connectivity index (χ1v) is 22.7. The summed E-state index contributed by atoms with van der Waals surface area (Å²) in [5, 5.41) is 16.9. The van der Waals surface area contributed by atoms with Gasteiger partial charge in [0.2, 0.25) is 23.5 Å². The maximum absolute atomic E-state index is 15.6. The molecular formula is C45H48F3N9O7S. The largest absolute Gasteiger partial charge is 0.389 e. The molecule has 65 heavy (non-hydrogen) atoms. The van der Waals surface area contributed by atoms with Crippen LogP contribution in [-0.4, -0.2) is 121 Å². The first-order valence-electron chi connectivity index (χ1n) is 21.3. The Bertz CT molecular complexity index is 2770. The number of hydrogen-bond acceptors (Lipinski definition) is 11. The molecule has 3 aromatic carbocycles. The molecule has 3 fully saturated rings. The van der Waals surface area contributed by atoms with Gasteiger partial charge in [-0.3, -0.25) is 29.2 Å². The van der Waals surface area contributed by atoms with Crippen LogP contribution in [0.1, 0.15) is 54.9 Å². The Hall–Kier alpha value is -6.51. The van der Waals surface area contributed by atoms with Gasteiger partial charge in [0.05, 0.1) is 29.0 Å². The summed E-state index contributed by atoms with van der Waals surface area (Å²) >= 11 is 0.